The first-order chi connectivity index (χ1) is 14.4. The number of nitrogens with zero attached hydrogens (tertiary/aromatic N) is 3. The molecule has 0 bridgehead atoms. The molecule has 0 radical (unpaired) electrons. The lowest BCUT2D eigenvalue weighted by Gasteiger charge is -2.22. The Hall–Kier alpha value is -2.85. The van der Waals surface area contributed by atoms with Crippen LogP contribution in [0.3, 0.4) is 0 Å². The SMILES string of the molecule is C=CC(=O)Nc1ncnc2nc[nH]c12.OC1CCC(C(O)c2ccc(Cl)cc2)C1O. The maximum atomic E-state index is 11.0. The van der Waals surface area contributed by atoms with Gasteiger partial charge in [0.15, 0.2) is 11.5 Å². The smallest absolute Gasteiger partial charge is 0.248 e. The molecule has 30 heavy (non-hydrogen) atoms. The third kappa shape index (κ3) is 5.00. The fourth-order valence-corrected chi connectivity index (χ4v) is 3.40. The summed E-state index contributed by atoms with van der Waals surface area (Å²) in [6, 6.07) is 6.89. The van der Waals surface area contributed by atoms with Gasteiger partial charge in [-0.1, -0.05) is 30.3 Å². The number of hydrogen-bond donors (Lipinski definition) is 5. The van der Waals surface area contributed by atoms with Gasteiger partial charge in [0.1, 0.15) is 11.8 Å². The Morgan fingerprint density at radius 2 is 1.97 bits per heavy atom. The van der Waals surface area contributed by atoms with Crippen LogP contribution in [0, 0.1) is 5.92 Å². The number of halogens is 1. The number of aliphatic hydroxyl groups excluding tert-OH is 3. The molecule has 2 heterocycles. The second kappa shape index (κ2) is 9.77. The number of carbonyl (C=O) groups is 1. The first-order valence-electron chi connectivity index (χ1n) is 9.28. The number of rotatable bonds is 4. The molecule has 0 spiro atoms. The minimum Gasteiger partial charge on any atom is -0.390 e. The van der Waals surface area contributed by atoms with E-state index in [1.165, 1.54) is 18.7 Å². The number of carbonyl (C=O) groups excluding carboxylic acids is 1. The van der Waals surface area contributed by atoms with Gasteiger partial charge in [-0.25, -0.2) is 15.0 Å². The van der Waals surface area contributed by atoms with E-state index in [0.29, 0.717) is 34.8 Å². The van der Waals surface area contributed by atoms with Crippen molar-refractivity contribution in [1.82, 2.24) is 19.9 Å². The van der Waals surface area contributed by atoms with Gasteiger partial charge in [0, 0.05) is 10.9 Å². The molecule has 5 N–H and O–H groups in total. The minimum absolute atomic E-state index is 0.295. The van der Waals surface area contributed by atoms with Gasteiger partial charge in [0.2, 0.25) is 5.91 Å². The quantitative estimate of drug-likeness (QED) is 0.397. The first kappa shape index (κ1) is 21.8. The molecule has 4 rings (SSSR count). The third-order valence-corrected chi connectivity index (χ3v) is 5.15. The summed E-state index contributed by atoms with van der Waals surface area (Å²) in [7, 11) is 0. The summed E-state index contributed by atoms with van der Waals surface area (Å²) in [5, 5.41) is 32.4. The van der Waals surface area contributed by atoms with Gasteiger partial charge in [-0.15, -0.1) is 0 Å². The highest BCUT2D eigenvalue weighted by molar-refractivity contribution is 6.30. The van der Waals surface area contributed by atoms with Gasteiger partial charge in [-0.05, 0) is 36.6 Å². The van der Waals surface area contributed by atoms with Crippen molar-refractivity contribution in [3.05, 3.63) is 60.2 Å². The number of anilines is 1. The number of imidazole rings is 1. The van der Waals surface area contributed by atoms with Gasteiger partial charge in [-0.3, -0.25) is 4.79 Å². The highest BCUT2D eigenvalue weighted by atomic mass is 35.5. The van der Waals surface area contributed by atoms with Crippen molar-refractivity contribution in [3.8, 4) is 0 Å². The number of benzene rings is 1. The number of H-pyrrole nitrogens is 1. The van der Waals surface area contributed by atoms with E-state index in [9.17, 15) is 20.1 Å². The normalized spacial score (nSPS) is 21.5. The summed E-state index contributed by atoms with van der Waals surface area (Å²) in [5.41, 5.74) is 1.84. The lowest BCUT2D eigenvalue weighted by molar-refractivity contribution is -0.111. The monoisotopic (exact) mass is 431 g/mol. The van der Waals surface area contributed by atoms with E-state index in [-0.39, 0.29) is 11.8 Å². The number of fused-ring (bicyclic) bond motifs is 1. The van der Waals surface area contributed by atoms with Crippen LogP contribution in [0.5, 0.6) is 0 Å². The molecule has 1 amide bonds. The van der Waals surface area contributed by atoms with E-state index in [0.717, 1.165) is 5.56 Å². The van der Waals surface area contributed by atoms with Gasteiger partial charge < -0.3 is 25.6 Å². The van der Waals surface area contributed by atoms with Crippen LogP contribution in [0.1, 0.15) is 24.5 Å². The van der Waals surface area contributed by atoms with E-state index < -0.39 is 18.3 Å². The Morgan fingerprint density at radius 3 is 2.60 bits per heavy atom. The third-order valence-electron chi connectivity index (χ3n) is 4.90. The van der Waals surface area contributed by atoms with E-state index in [4.69, 9.17) is 11.6 Å². The molecular weight excluding hydrogens is 410 g/mol. The fourth-order valence-electron chi connectivity index (χ4n) is 3.27. The van der Waals surface area contributed by atoms with E-state index in [2.05, 4.69) is 31.8 Å². The number of hydrogen-bond acceptors (Lipinski definition) is 7. The molecule has 3 aromatic rings. The molecule has 0 aliphatic heterocycles. The Labute approximate surface area is 177 Å². The molecule has 2 aromatic heterocycles. The fraction of sp³-hybridized carbons (Fsp3) is 0.300. The van der Waals surface area contributed by atoms with Gasteiger partial charge in [0.25, 0.3) is 0 Å². The summed E-state index contributed by atoms with van der Waals surface area (Å²) in [4.78, 5) is 25.6. The standard InChI is InChI=1S/C12H15ClO3.C8H7N5O/c13-8-3-1-7(2-4-8)11(15)9-5-6-10(14)12(9)16;1-2-5(14)13-8-6-7(10-3-9-6)11-4-12-8/h1-4,9-12,14-16H,5-6H2;2-4H,1H2,(H2,9,10,11,12,13,14). The number of aromatic amines is 1. The molecule has 9 nitrogen and oxygen atoms in total. The zero-order valence-corrected chi connectivity index (χ0v) is 16.7. The average Bonchev–Trinajstić information content (AvgIpc) is 3.36. The van der Waals surface area contributed by atoms with Crippen molar-refractivity contribution < 1.29 is 20.1 Å². The number of amides is 1. The van der Waals surface area contributed by atoms with Crippen LogP contribution in [0.15, 0.2) is 49.6 Å². The van der Waals surface area contributed by atoms with Crippen molar-refractivity contribution in [2.75, 3.05) is 5.32 Å². The number of nitrogens with one attached hydrogen (secondary N) is 2. The topological polar surface area (TPSA) is 144 Å². The van der Waals surface area contributed by atoms with Crippen molar-refractivity contribution in [2.45, 2.75) is 31.2 Å². The van der Waals surface area contributed by atoms with Crippen LogP contribution in [-0.2, 0) is 4.79 Å². The number of aromatic nitrogens is 4. The summed E-state index contributed by atoms with van der Waals surface area (Å²) in [6.45, 7) is 3.34. The molecule has 0 saturated heterocycles. The molecule has 1 aliphatic rings. The van der Waals surface area contributed by atoms with Crippen molar-refractivity contribution in [3.63, 3.8) is 0 Å². The highest BCUT2D eigenvalue weighted by Crippen LogP contribution is 2.36. The second-order valence-corrected chi connectivity index (χ2v) is 7.25. The van der Waals surface area contributed by atoms with Crippen molar-refractivity contribution >= 4 is 34.5 Å². The van der Waals surface area contributed by atoms with Gasteiger partial charge in [-0.2, -0.15) is 0 Å². The zero-order chi connectivity index (χ0) is 21.7. The summed E-state index contributed by atoms with van der Waals surface area (Å²) in [5.74, 6) is -0.215. The Balaban J connectivity index is 0.000000172. The van der Waals surface area contributed by atoms with E-state index in [1.54, 1.807) is 24.3 Å². The van der Waals surface area contributed by atoms with E-state index in [1.807, 2.05) is 0 Å². The van der Waals surface area contributed by atoms with Crippen LogP contribution in [0.4, 0.5) is 5.82 Å². The lowest BCUT2D eigenvalue weighted by atomic mass is 9.92. The molecule has 4 unspecified atom stereocenters. The number of aliphatic hydroxyl groups is 3. The Morgan fingerprint density at radius 1 is 1.23 bits per heavy atom. The van der Waals surface area contributed by atoms with Gasteiger partial charge in [0.05, 0.1) is 24.6 Å². The summed E-state index contributed by atoms with van der Waals surface area (Å²) >= 11 is 5.76. The molecule has 1 aliphatic carbocycles. The highest BCUT2D eigenvalue weighted by Gasteiger charge is 2.38. The van der Waals surface area contributed by atoms with E-state index >= 15 is 0 Å². The van der Waals surface area contributed by atoms with Crippen LogP contribution < -0.4 is 5.32 Å². The molecule has 4 atom stereocenters. The minimum atomic E-state index is -0.842. The predicted octanol–water partition coefficient (Wildman–Crippen LogP) is 1.98. The lowest BCUT2D eigenvalue weighted by Crippen LogP contribution is -2.28. The largest absolute Gasteiger partial charge is 0.390 e. The predicted molar refractivity (Wildman–Crippen MR) is 112 cm³/mol. The molecule has 1 fully saturated rings. The molecule has 1 saturated carbocycles. The summed E-state index contributed by atoms with van der Waals surface area (Å²) < 4.78 is 0. The van der Waals surface area contributed by atoms with Crippen molar-refractivity contribution in [1.29, 1.82) is 0 Å². The maximum absolute atomic E-state index is 11.0. The van der Waals surface area contributed by atoms with Crippen LogP contribution >= 0.6 is 11.6 Å². The molecule has 158 valence electrons. The molecular formula is C20H22ClN5O4. The van der Waals surface area contributed by atoms with Crippen LogP contribution in [0.25, 0.3) is 11.2 Å². The van der Waals surface area contributed by atoms with Gasteiger partial charge >= 0.3 is 0 Å². The molecule has 10 heteroatoms. The average molecular weight is 432 g/mol. The Bertz CT molecular complexity index is 1010. The summed E-state index contributed by atoms with van der Waals surface area (Å²) in [6.07, 6.45) is 2.86. The van der Waals surface area contributed by atoms with Crippen molar-refractivity contribution in [2.24, 2.45) is 5.92 Å². The zero-order valence-electron chi connectivity index (χ0n) is 15.9. The van der Waals surface area contributed by atoms with Crippen LogP contribution in [-0.4, -0.2) is 53.4 Å². The Kier molecular flexibility index (Phi) is 7.11. The van der Waals surface area contributed by atoms with Crippen LogP contribution in [0.2, 0.25) is 5.02 Å². The second-order valence-electron chi connectivity index (χ2n) is 6.81. The maximum Gasteiger partial charge on any atom is 0.248 e. The molecule has 1 aromatic carbocycles. The first-order valence-corrected chi connectivity index (χ1v) is 9.65.